The number of aliphatic imine (C=N–C) groups is 1. The predicted molar refractivity (Wildman–Crippen MR) is 121 cm³/mol. The maximum absolute atomic E-state index is 5.66. The summed E-state index contributed by atoms with van der Waals surface area (Å²) >= 11 is 0. The summed E-state index contributed by atoms with van der Waals surface area (Å²) in [4.78, 5) is 9.36. The molecule has 2 saturated heterocycles. The Balaban J connectivity index is 0.00000338. The number of nitrogens with zero attached hydrogens (tertiary/aromatic N) is 3. The molecule has 1 unspecified atom stereocenters. The molecule has 2 heterocycles. The molecule has 0 aromatic rings. The topological polar surface area (TPSA) is 52.1 Å². The Morgan fingerprint density at radius 2 is 1.92 bits per heavy atom. The second-order valence-corrected chi connectivity index (χ2v) is 7.90. The largest absolute Gasteiger partial charge is 0.377 e. The summed E-state index contributed by atoms with van der Waals surface area (Å²) in [5.74, 6) is 1.70. The number of hydrogen-bond acceptors (Lipinski definition) is 4. The van der Waals surface area contributed by atoms with Gasteiger partial charge in [-0.15, -0.1) is 24.0 Å². The number of nitrogens with one attached hydrogen (secondary N) is 2. The van der Waals surface area contributed by atoms with E-state index in [-0.39, 0.29) is 24.0 Å². The van der Waals surface area contributed by atoms with Crippen LogP contribution in [0.3, 0.4) is 0 Å². The van der Waals surface area contributed by atoms with Gasteiger partial charge >= 0.3 is 0 Å². The Morgan fingerprint density at radius 3 is 2.54 bits per heavy atom. The fraction of sp³-hybridized carbons (Fsp3) is 0.947. The maximum Gasteiger partial charge on any atom is 0.191 e. The summed E-state index contributed by atoms with van der Waals surface area (Å²) in [6.07, 6.45) is 5.32. The molecule has 0 spiro atoms. The summed E-state index contributed by atoms with van der Waals surface area (Å²) in [6, 6.07) is 0.530. The fourth-order valence-corrected chi connectivity index (χ4v) is 3.79. The van der Waals surface area contributed by atoms with Crippen LogP contribution in [0.5, 0.6) is 0 Å². The maximum atomic E-state index is 5.66. The van der Waals surface area contributed by atoms with Gasteiger partial charge in [-0.3, -0.25) is 4.99 Å². The van der Waals surface area contributed by atoms with Crippen molar-refractivity contribution >= 4 is 29.9 Å². The summed E-state index contributed by atoms with van der Waals surface area (Å²) < 4.78 is 5.66. The van der Waals surface area contributed by atoms with Gasteiger partial charge in [-0.25, -0.2) is 0 Å². The molecule has 0 aromatic heterocycles. The second kappa shape index (κ2) is 13.1. The van der Waals surface area contributed by atoms with E-state index in [1.165, 1.54) is 38.8 Å². The van der Waals surface area contributed by atoms with Gasteiger partial charge in [0.1, 0.15) is 0 Å². The minimum absolute atomic E-state index is 0. The Kier molecular flexibility index (Phi) is 12.1. The quantitative estimate of drug-likeness (QED) is 0.331. The first-order valence-corrected chi connectivity index (χ1v) is 10.1. The number of likely N-dealkylation sites (tertiary alicyclic amines) is 2. The zero-order valence-electron chi connectivity index (χ0n) is 17.2. The molecule has 2 fully saturated rings. The standard InChI is InChI=1S/C19H39N5O.HI/c1-16(2)25-13-12-24-10-7-18(8-11-24)22-19(20-3)21-14-17-6-5-9-23(4)15-17;/h16-18H,5-15H2,1-4H3,(H2,20,21,22);1H. The van der Waals surface area contributed by atoms with Gasteiger partial charge in [-0.2, -0.15) is 0 Å². The van der Waals surface area contributed by atoms with Gasteiger partial charge < -0.3 is 25.2 Å². The molecular weight excluding hydrogens is 441 g/mol. The van der Waals surface area contributed by atoms with E-state index >= 15 is 0 Å². The lowest BCUT2D eigenvalue weighted by atomic mass is 9.98. The molecule has 2 aliphatic rings. The normalized spacial score (nSPS) is 23.7. The molecule has 7 heteroatoms. The summed E-state index contributed by atoms with van der Waals surface area (Å²) in [6.45, 7) is 11.8. The van der Waals surface area contributed by atoms with Crippen LogP contribution < -0.4 is 10.6 Å². The van der Waals surface area contributed by atoms with Crippen LogP contribution in [0.25, 0.3) is 0 Å². The number of guanidine groups is 1. The lowest BCUT2D eigenvalue weighted by Crippen LogP contribution is -2.50. The monoisotopic (exact) mass is 481 g/mol. The van der Waals surface area contributed by atoms with Crippen LogP contribution in [-0.4, -0.2) is 87.9 Å². The van der Waals surface area contributed by atoms with Gasteiger partial charge in [0, 0.05) is 45.8 Å². The van der Waals surface area contributed by atoms with Gasteiger partial charge in [-0.1, -0.05) is 0 Å². The Bertz CT molecular complexity index is 399. The van der Waals surface area contributed by atoms with E-state index in [1.807, 2.05) is 7.05 Å². The summed E-state index contributed by atoms with van der Waals surface area (Å²) in [5.41, 5.74) is 0. The smallest absolute Gasteiger partial charge is 0.191 e. The molecule has 2 aliphatic heterocycles. The van der Waals surface area contributed by atoms with Crippen LogP contribution in [0.15, 0.2) is 4.99 Å². The van der Waals surface area contributed by atoms with E-state index in [2.05, 4.69) is 46.3 Å². The molecule has 26 heavy (non-hydrogen) atoms. The van der Waals surface area contributed by atoms with Crippen molar-refractivity contribution in [3.05, 3.63) is 0 Å². The molecule has 0 aromatic carbocycles. The van der Waals surface area contributed by atoms with Gasteiger partial charge in [-0.05, 0) is 59.0 Å². The van der Waals surface area contributed by atoms with Crippen molar-refractivity contribution in [1.29, 1.82) is 0 Å². The molecule has 0 radical (unpaired) electrons. The third-order valence-electron chi connectivity index (χ3n) is 5.29. The molecule has 0 amide bonds. The van der Waals surface area contributed by atoms with Crippen molar-refractivity contribution in [2.75, 3.05) is 60.0 Å². The number of rotatable bonds is 7. The highest BCUT2D eigenvalue weighted by Gasteiger charge is 2.21. The first kappa shape index (κ1) is 23.9. The number of ether oxygens (including phenoxy) is 1. The van der Waals surface area contributed by atoms with Crippen LogP contribution in [0, 0.1) is 5.92 Å². The second-order valence-electron chi connectivity index (χ2n) is 7.90. The SMILES string of the molecule is CN=C(NCC1CCCN(C)C1)NC1CCN(CCOC(C)C)CC1.I. The Labute approximate surface area is 177 Å². The first-order chi connectivity index (χ1) is 12.1. The van der Waals surface area contributed by atoms with Gasteiger partial charge in [0.15, 0.2) is 5.96 Å². The molecular formula is C19H40IN5O. The average Bonchev–Trinajstić information content (AvgIpc) is 2.59. The number of hydrogen-bond donors (Lipinski definition) is 2. The molecule has 2 N–H and O–H groups in total. The fourth-order valence-electron chi connectivity index (χ4n) is 3.79. The zero-order valence-corrected chi connectivity index (χ0v) is 19.5. The van der Waals surface area contributed by atoms with Crippen LogP contribution in [0.4, 0.5) is 0 Å². The van der Waals surface area contributed by atoms with Crippen LogP contribution in [-0.2, 0) is 4.74 Å². The minimum atomic E-state index is 0. The van der Waals surface area contributed by atoms with Crippen LogP contribution in [0.1, 0.15) is 39.5 Å². The third-order valence-corrected chi connectivity index (χ3v) is 5.29. The van der Waals surface area contributed by atoms with Gasteiger partial charge in [0.25, 0.3) is 0 Å². The van der Waals surface area contributed by atoms with E-state index in [9.17, 15) is 0 Å². The van der Waals surface area contributed by atoms with Crippen molar-refractivity contribution in [2.45, 2.75) is 51.7 Å². The lowest BCUT2D eigenvalue weighted by Gasteiger charge is -2.34. The highest BCUT2D eigenvalue weighted by atomic mass is 127. The first-order valence-electron chi connectivity index (χ1n) is 10.1. The van der Waals surface area contributed by atoms with Crippen LogP contribution >= 0.6 is 24.0 Å². The Morgan fingerprint density at radius 1 is 1.19 bits per heavy atom. The van der Waals surface area contributed by atoms with E-state index in [4.69, 9.17) is 4.74 Å². The molecule has 0 bridgehead atoms. The van der Waals surface area contributed by atoms with Crippen molar-refractivity contribution < 1.29 is 4.74 Å². The van der Waals surface area contributed by atoms with E-state index in [1.54, 1.807) is 0 Å². The average molecular weight is 481 g/mol. The van der Waals surface area contributed by atoms with E-state index in [0.717, 1.165) is 44.7 Å². The molecule has 0 aliphatic carbocycles. The van der Waals surface area contributed by atoms with E-state index in [0.29, 0.717) is 12.1 Å². The lowest BCUT2D eigenvalue weighted by molar-refractivity contribution is 0.0532. The van der Waals surface area contributed by atoms with E-state index < -0.39 is 0 Å². The highest BCUT2D eigenvalue weighted by Crippen LogP contribution is 2.14. The van der Waals surface area contributed by atoms with Gasteiger partial charge in [0.05, 0.1) is 12.7 Å². The predicted octanol–water partition coefficient (Wildman–Crippen LogP) is 2.00. The van der Waals surface area contributed by atoms with Crippen molar-refractivity contribution in [2.24, 2.45) is 10.9 Å². The van der Waals surface area contributed by atoms with Crippen molar-refractivity contribution in [3.63, 3.8) is 0 Å². The molecule has 154 valence electrons. The highest BCUT2D eigenvalue weighted by molar-refractivity contribution is 14.0. The molecule has 6 nitrogen and oxygen atoms in total. The number of piperidine rings is 2. The molecule has 0 saturated carbocycles. The summed E-state index contributed by atoms with van der Waals surface area (Å²) in [5, 5.41) is 7.16. The van der Waals surface area contributed by atoms with Crippen molar-refractivity contribution in [1.82, 2.24) is 20.4 Å². The molecule has 1 atom stereocenters. The minimum Gasteiger partial charge on any atom is -0.377 e. The molecule has 2 rings (SSSR count). The Hall–Kier alpha value is -0.120. The van der Waals surface area contributed by atoms with Crippen LogP contribution in [0.2, 0.25) is 0 Å². The van der Waals surface area contributed by atoms with Crippen molar-refractivity contribution in [3.8, 4) is 0 Å². The zero-order chi connectivity index (χ0) is 18.1. The third kappa shape index (κ3) is 9.19. The number of halogens is 1. The van der Waals surface area contributed by atoms with Gasteiger partial charge in [0.2, 0.25) is 0 Å². The summed E-state index contributed by atoms with van der Waals surface area (Å²) in [7, 11) is 4.10.